The van der Waals surface area contributed by atoms with Crippen LogP contribution in [0.25, 0.3) is 0 Å². The second-order valence-corrected chi connectivity index (χ2v) is 6.97. The van der Waals surface area contributed by atoms with Gasteiger partial charge in [-0.2, -0.15) is 11.8 Å². The Kier molecular flexibility index (Phi) is 5.12. The van der Waals surface area contributed by atoms with Crippen molar-refractivity contribution in [2.24, 2.45) is 5.73 Å². The Morgan fingerprint density at radius 2 is 2.05 bits per heavy atom. The Labute approximate surface area is 129 Å². The molecule has 0 atom stereocenters. The average molecular weight is 315 g/mol. The van der Waals surface area contributed by atoms with Crippen LogP contribution in [0.4, 0.5) is 0 Å². The largest absolute Gasteiger partial charge is 0.392 e. The zero-order chi connectivity index (χ0) is 13.9. The Bertz CT molecular complexity index is 457. The lowest BCUT2D eigenvalue weighted by Gasteiger charge is -2.40. The highest BCUT2D eigenvalue weighted by Crippen LogP contribution is 2.35. The van der Waals surface area contributed by atoms with E-state index >= 15 is 0 Å². The summed E-state index contributed by atoms with van der Waals surface area (Å²) in [5, 5.41) is 0.846. The second kappa shape index (κ2) is 6.44. The van der Waals surface area contributed by atoms with Crippen LogP contribution in [-0.4, -0.2) is 34.0 Å². The highest BCUT2D eigenvalue weighted by Gasteiger charge is 2.36. The van der Waals surface area contributed by atoms with Gasteiger partial charge in [0, 0.05) is 24.7 Å². The number of hydrogen-bond acceptors (Lipinski definition) is 3. The van der Waals surface area contributed by atoms with Gasteiger partial charge in [-0.25, -0.2) is 0 Å². The van der Waals surface area contributed by atoms with Crippen LogP contribution in [-0.2, 0) is 6.54 Å². The van der Waals surface area contributed by atoms with Crippen LogP contribution in [0.2, 0.25) is 5.02 Å². The Morgan fingerprint density at radius 3 is 2.58 bits per heavy atom. The molecule has 1 fully saturated rings. The number of hydrogen-bond donors (Lipinski definition) is 1. The van der Waals surface area contributed by atoms with Gasteiger partial charge in [0.2, 0.25) is 0 Å². The molecule has 19 heavy (non-hydrogen) atoms. The van der Waals surface area contributed by atoms with Crippen LogP contribution in [0, 0.1) is 0 Å². The number of piperidine rings is 1. The molecule has 0 bridgehead atoms. The van der Waals surface area contributed by atoms with Gasteiger partial charge in [-0.3, -0.25) is 4.90 Å². The minimum Gasteiger partial charge on any atom is -0.392 e. The number of thiocarbonyl (C=S) groups is 1. The number of thioether (sulfide) groups is 1. The Balaban J connectivity index is 1.97. The highest BCUT2D eigenvalue weighted by molar-refractivity contribution is 8.02. The fourth-order valence-corrected chi connectivity index (χ4v) is 3.93. The van der Waals surface area contributed by atoms with E-state index in [4.69, 9.17) is 29.6 Å². The minimum atomic E-state index is -0.00762. The van der Waals surface area contributed by atoms with E-state index in [0.29, 0.717) is 4.99 Å². The van der Waals surface area contributed by atoms with Crippen LogP contribution < -0.4 is 5.73 Å². The summed E-state index contributed by atoms with van der Waals surface area (Å²) in [6, 6.07) is 8.04. The molecule has 0 radical (unpaired) electrons. The normalized spacial score (nSPS) is 19.3. The first-order chi connectivity index (χ1) is 9.07. The van der Waals surface area contributed by atoms with E-state index in [-0.39, 0.29) is 4.75 Å². The predicted molar refractivity (Wildman–Crippen MR) is 89.0 cm³/mol. The summed E-state index contributed by atoms with van der Waals surface area (Å²) < 4.78 is -0.00762. The van der Waals surface area contributed by atoms with Gasteiger partial charge < -0.3 is 5.73 Å². The number of halogens is 1. The molecule has 1 aromatic carbocycles. The molecular weight excluding hydrogens is 296 g/mol. The van der Waals surface area contributed by atoms with Crippen molar-refractivity contribution in [3.05, 3.63) is 34.9 Å². The Morgan fingerprint density at radius 1 is 1.42 bits per heavy atom. The van der Waals surface area contributed by atoms with Crippen LogP contribution in [0.3, 0.4) is 0 Å². The van der Waals surface area contributed by atoms with E-state index in [1.807, 2.05) is 18.2 Å². The lowest BCUT2D eigenvalue weighted by atomic mass is 9.95. The highest BCUT2D eigenvalue weighted by atomic mass is 35.5. The van der Waals surface area contributed by atoms with Crippen molar-refractivity contribution in [1.82, 2.24) is 4.90 Å². The molecule has 5 heteroatoms. The molecule has 0 unspecified atom stereocenters. The standard InChI is InChI=1S/C14H19ClN2S2/c1-19-14(13(16)18)6-8-17(9-7-14)10-11-4-2-3-5-12(11)15/h2-5H,6-10H2,1H3,(H2,16,18). The average Bonchev–Trinajstić information content (AvgIpc) is 2.42. The van der Waals surface area contributed by atoms with E-state index in [1.54, 1.807) is 11.8 Å². The molecule has 2 N–H and O–H groups in total. The molecule has 1 heterocycles. The van der Waals surface area contributed by atoms with Gasteiger partial charge in [0.1, 0.15) is 0 Å². The van der Waals surface area contributed by atoms with Crippen molar-refractivity contribution in [3.63, 3.8) is 0 Å². The summed E-state index contributed by atoms with van der Waals surface area (Å²) in [5.74, 6) is 0. The van der Waals surface area contributed by atoms with Gasteiger partial charge in [-0.05, 0) is 30.7 Å². The van der Waals surface area contributed by atoms with Crippen molar-refractivity contribution < 1.29 is 0 Å². The van der Waals surface area contributed by atoms with Crippen molar-refractivity contribution >= 4 is 40.6 Å². The summed E-state index contributed by atoms with van der Waals surface area (Å²) in [6.07, 6.45) is 4.14. The third-order valence-electron chi connectivity index (χ3n) is 3.86. The summed E-state index contributed by atoms with van der Waals surface area (Å²) in [7, 11) is 0. The molecule has 2 rings (SSSR count). The molecule has 0 amide bonds. The van der Waals surface area contributed by atoms with Gasteiger partial charge in [0.15, 0.2) is 0 Å². The third-order valence-corrected chi connectivity index (χ3v) is 6.15. The van der Waals surface area contributed by atoms with Crippen molar-refractivity contribution in [2.45, 2.75) is 24.1 Å². The zero-order valence-electron chi connectivity index (χ0n) is 11.1. The predicted octanol–water partition coefficient (Wildman–Crippen LogP) is 3.32. The first-order valence-corrected chi connectivity index (χ1v) is 8.39. The molecule has 1 aliphatic rings. The number of nitrogens with two attached hydrogens (primary N) is 1. The first-order valence-electron chi connectivity index (χ1n) is 6.38. The van der Waals surface area contributed by atoms with Crippen molar-refractivity contribution in [3.8, 4) is 0 Å². The van der Waals surface area contributed by atoms with Gasteiger partial charge in [-0.15, -0.1) is 0 Å². The maximum Gasteiger partial charge on any atom is 0.0891 e. The maximum absolute atomic E-state index is 6.21. The molecule has 2 nitrogen and oxygen atoms in total. The van der Waals surface area contributed by atoms with E-state index < -0.39 is 0 Å². The van der Waals surface area contributed by atoms with Gasteiger partial charge in [0.05, 0.1) is 9.74 Å². The van der Waals surface area contributed by atoms with E-state index in [9.17, 15) is 0 Å². The van der Waals surface area contributed by atoms with Crippen molar-refractivity contribution in [1.29, 1.82) is 0 Å². The van der Waals surface area contributed by atoms with Gasteiger partial charge >= 0.3 is 0 Å². The van der Waals surface area contributed by atoms with Crippen LogP contribution >= 0.6 is 35.6 Å². The summed E-state index contributed by atoms with van der Waals surface area (Å²) in [4.78, 5) is 3.07. The van der Waals surface area contributed by atoms with Crippen LogP contribution in [0.1, 0.15) is 18.4 Å². The summed E-state index contributed by atoms with van der Waals surface area (Å²) in [5.41, 5.74) is 7.10. The SMILES string of the molecule is CSC1(C(N)=S)CCN(Cc2ccccc2Cl)CC1. The molecule has 1 aliphatic heterocycles. The smallest absolute Gasteiger partial charge is 0.0891 e. The molecule has 104 valence electrons. The topological polar surface area (TPSA) is 29.3 Å². The third kappa shape index (κ3) is 3.43. The molecule has 0 aromatic heterocycles. The maximum atomic E-state index is 6.21. The Hall–Kier alpha value is -0.290. The molecule has 0 spiro atoms. The molecular formula is C14H19ClN2S2. The van der Waals surface area contributed by atoms with E-state index in [2.05, 4.69) is 17.2 Å². The lowest BCUT2D eigenvalue weighted by molar-refractivity contribution is 0.212. The van der Waals surface area contributed by atoms with E-state index in [1.165, 1.54) is 5.56 Å². The first kappa shape index (κ1) is 15.1. The molecule has 0 saturated carbocycles. The number of benzene rings is 1. The zero-order valence-corrected chi connectivity index (χ0v) is 13.5. The quantitative estimate of drug-likeness (QED) is 0.863. The number of rotatable bonds is 4. The summed E-state index contributed by atoms with van der Waals surface area (Å²) >= 11 is 13.2. The fraction of sp³-hybridized carbons (Fsp3) is 0.500. The monoisotopic (exact) mass is 314 g/mol. The minimum absolute atomic E-state index is 0.00762. The summed E-state index contributed by atoms with van der Waals surface area (Å²) in [6.45, 7) is 2.94. The van der Waals surface area contributed by atoms with Gasteiger partial charge in [-0.1, -0.05) is 42.0 Å². The number of likely N-dealkylation sites (tertiary alicyclic amines) is 1. The van der Waals surface area contributed by atoms with Crippen LogP contribution in [0.5, 0.6) is 0 Å². The molecule has 1 aromatic rings. The molecule has 0 aliphatic carbocycles. The number of nitrogens with zero attached hydrogens (tertiary/aromatic N) is 1. The fourth-order valence-electron chi connectivity index (χ4n) is 2.49. The van der Waals surface area contributed by atoms with E-state index in [0.717, 1.165) is 37.5 Å². The van der Waals surface area contributed by atoms with Crippen LogP contribution in [0.15, 0.2) is 24.3 Å². The lowest BCUT2D eigenvalue weighted by Crippen LogP contribution is -2.48. The second-order valence-electron chi connectivity index (χ2n) is 4.93. The van der Waals surface area contributed by atoms with Crippen molar-refractivity contribution in [2.75, 3.05) is 19.3 Å². The van der Waals surface area contributed by atoms with Gasteiger partial charge in [0.25, 0.3) is 0 Å². The molecule has 1 saturated heterocycles.